The monoisotopic (exact) mass is 305 g/mol. The van der Waals surface area contributed by atoms with E-state index in [0.29, 0.717) is 23.1 Å². The van der Waals surface area contributed by atoms with Crippen molar-refractivity contribution < 1.29 is 9.53 Å². The molecule has 0 aliphatic carbocycles. The zero-order valence-electron chi connectivity index (χ0n) is 11.8. The second kappa shape index (κ2) is 6.95. The van der Waals surface area contributed by atoms with Crippen LogP contribution in [0.4, 0.5) is 10.5 Å². The Kier molecular flexibility index (Phi) is 5.00. The highest BCUT2D eigenvalue weighted by molar-refractivity contribution is 6.31. The van der Waals surface area contributed by atoms with Crippen molar-refractivity contribution in [3.63, 3.8) is 0 Å². The van der Waals surface area contributed by atoms with E-state index >= 15 is 0 Å². The number of methoxy groups -OCH3 is 1. The van der Waals surface area contributed by atoms with E-state index in [1.807, 2.05) is 18.2 Å². The molecule has 2 amide bonds. The SMILES string of the molecule is COc1ccc(NC(=O)N(C)Cc2ccccc2Cl)cn1. The third-order valence-corrected chi connectivity index (χ3v) is 3.28. The van der Waals surface area contributed by atoms with Crippen LogP contribution in [0, 0.1) is 0 Å². The first-order chi connectivity index (χ1) is 10.1. The van der Waals surface area contributed by atoms with E-state index in [2.05, 4.69) is 10.3 Å². The zero-order valence-corrected chi connectivity index (χ0v) is 12.6. The average Bonchev–Trinajstić information content (AvgIpc) is 2.50. The molecule has 0 saturated heterocycles. The summed E-state index contributed by atoms with van der Waals surface area (Å²) in [5.74, 6) is 0.498. The van der Waals surface area contributed by atoms with Gasteiger partial charge in [0, 0.05) is 24.7 Å². The smallest absolute Gasteiger partial charge is 0.321 e. The maximum Gasteiger partial charge on any atom is 0.321 e. The summed E-state index contributed by atoms with van der Waals surface area (Å²) in [4.78, 5) is 17.7. The number of anilines is 1. The molecule has 0 aliphatic heterocycles. The first-order valence-corrected chi connectivity index (χ1v) is 6.73. The van der Waals surface area contributed by atoms with Gasteiger partial charge in [0.15, 0.2) is 0 Å². The molecular weight excluding hydrogens is 290 g/mol. The molecule has 1 aromatic heterocycles. The van der Waals surface area contributed by atoms with E-state index in [0.717, 1.165) is 5.56 Å². The van der Waals surface area contributed by atoms with E-state index in [1.54, 1.807) is 36.3 Å². The summed E-state index contributed by atoms with van der Waals surface area (Å²) in [5, 5.41) is 3.40. The molecule has 2 rings (SSSR count). The van der Waals surface area contributed by atoms with Crippen LogP contribution in [0.1, 0.15) is 5.56 Å². The first-order valence-electron chi connectivity index (χ1n) is 6.35. The van der Waals surface area contributed by atoms with Crippen molar-refractivity contribution in [2.45, 2.75) is 6.54 Å². The molecule has 110 valence electrons. The number of halogens is 1. The van der Waals surface area contributed by atoms with E-state index in [-0.39, 0.29) is 6.03 Å². The van der Waals surface area contributed by atoms with Crippen molar-refractivity contribution in [3.05, 3.63) is 53.2 Å². The van der Waals surface area contributed by atoms with Gasteiger partial charge in [-0.2, -0.15) is 0 Å². The Morgan fingerprint density at radius 2 is 2.10 bits per heavy atom. The van der Waals surface area contributed by atoms with Gasteiger partial charge >= 0.3 is 6.03 Å². The molecule has 0 spiro atoms. The number of rotatable bonds is 4. The summed E-state index contributed by atoms with van der Waals surface area (Å²) < 4.78 is 4.96. The van der Waals surface area contributed by atoms with Gasteiger partial charge in [0.05, 0.1) is 19.0 Å². The fourth-order valence-electron chi connectivity index (χ4n) is 1.75. The number of ether oxygens (including phenoxy) is 1. The van der Waals surface area contributed by atoms with Crippen molar-refractivity contribution in [2.75, 3.05) is 19.5 Å². The van der Waals surface area contributed by atoms with Crippen LogP contribution < -0.4 is 10.1 Å². The predicted octanol–water partition coefficient (Wildman–Crippen LogP) is 3.41. The molecule has 21 heavy (non-hydrogen) atoms. The van der Waals surface area contributed by atoms with E-state index in [9.17, 15) is 4.79 Å². The van der Waals surface area contributed by atoms with Crippen molar-refractivity contribution in [3.8, 4) is 5.88 Å². The summed E-state index contributed by atoms with van der Waals surface area (Å²) in [6.07, 6.45) is 1.54. The number of pyridine rings is 1. The number of amides is 2. The molecule has 2 aromatic rings. The summed E-state index contributed by atoms with van der Waals surface area (Å²) in [7, 11) is 3.24. The lowest BCUT2D eigenvalue weighted by atomic mass is 10.2. The third-order valence-electron chi connectivity index (χ3n) is 2.91. The number of benzene rings is 1. The minimum Gasteiger partial charge on any atom is -0.481 e. The maximum atomic E-state index is 12.1. The van der Waals surface area contributed by atoms with Gasteiger partial charge in [-0.25, -0.2) is 9.78 Å². The Labute approximate surface area is 128 Å². The summed E-state index contributed by atoms with van der Waals surface area (Å²) in [6, 6.07) is 10.6. The highest BCUT2D eigenvalue weighted by Gasteiger charge is 2.11. The normalized spacial score (nSPS) is 10.0. The molecule has 6 heteroatoms. The molecule has 0 fully saturated rings. The fourth-order valence-corrected chi connectivity index (χ4v) is 1.94. The summed E-state index contributed by atoms with van der Waals surface area (Å²) in [5.41, 5.74) is 1.50. The average molecular weight is 306 g/mol. The van der Waals surface area contributed by atoms with E-state index < -0.39 is 0 Å². The first kappa shape index (κ1) is 15.1. The molecule has 0 aliphatic rings. The minimum atomic E-state index is -0.234. The maximum absolute atomic E-state index is 12.1. The Bertz CT molecular complexity index is 617. The van der Waals surface area contributed by atoms with Crippen LogP contribution in [0.5, 0.6) is 5.88 Å². The lowest BCUT2D eigenvalue weighted by Gasteiger charge is -2.18. The highest BCUT2D eigenvalue weighted by Crippen LogP contribution is 2.17. The van der Waals surface area contributed by atoms with Crippen molar-refractivity contribution in [1.29, 1.82) is 0 Å². The number of aromatic nitrogens is 1. The molecule has 1 N–H and O–H groups in total. The Balaban J connectivity index is 1.97. The van der Waals surface area contributed by atoms with Gasteiger partial charge in [0.2, 0.25) is 5.88 Å². The predicted molar refractivity (Wildman–Crippen MR) is 82.7 cm³/mol. The Hall–Kier alpha value is -2.27. The molecule has 0 unspecified atom stereocenters. The van der Waals surface area contributed by atoms with Gasteiger partial charge in [0.25, 0.3) is 0 Å². The second-order valence-electron chi connectivity index (χ2n) is 4.47. The van der Waals surface area contributed by atoms with Crippen LogP contribution in [0.25, 0.3) is 0 Å². The lowest BCUT2D eigenvalue weighted by Crippen LogP contribution is -2.30. The van der Waals surface area contributed by atoms with Gasteiger partial charge < -0.3 is 15.0 Å². The van der Waals surface area contributed by atoms with E-state index in [1.165, 1.54) is 7.11 Å². The van der Waals surface area contributed by atoms with Gasteiger partial charge in [-0.3, -0.25) is 0 Å². The van der Waals surface area contributed by atoms with Gasteiger partial charge in [0.1, 0.15) is 0 Å². The van der Waals surface area contributed by atoms with E-state index in [4.69, 9.17) is 16.3 Å². The van der Waals surface area contributed by atoms with Crippen molar-refractivity contribution in [2.24, 2.45) is 0 Å². The summed E-state index contributed by atoms with van der Waals surface area (Å²) in [6.45, 7) is 0.426. The third kappa shape index (κ3) is 4.10. The highest BCUT2D eigenvalue weighted by atomic mass is 35.5. The number of nitrogens with zero attached hydrogens (tertiary/aromatic N) is 2. The van der Waals surface area contributed by atoms with Crippen molar-refractivity contribution in [1.82, 2.24) is 9.88 Å². The van der Waals surface area contributed by atoms with Crippen LogP contribution in [-0.4, -0.2) is 30.1 Å². The van der Waals surface area contributed by atoms with Gasteiger partial charge in [-0.15, -0.1) is 0 Å². The molecule has 1 heterocycles. The summed E-state index contributed by atoms with van der Waals surface area (Å²) >= 11 is 6.08. The molecule has 0 radical (unpaired) electrons. The molecule has 5 nitrogen and oxygen atoms in total. The zero-order chi connectivity index (χ0) is 15.2. The number of urea groups is 1. The van der Waals surface area contributed by atoms with Crippen molar-refractivity contribution >= 4 is 23.3 Å². The minimum absolute atomic E-state index is 0.234. The van der Waals surface area contributed by atoms with Gasteiger partial charge in [-0.05, 0) is 17.7 Å². The quantitative estimate of drug-likeness (QED) is 0.942. The largest absolute Gasteiger partial charge is 0.481 e. The molecule has 0 bridgehead atoms. The standard InChI is InChI=1S/C15H16ClN3O2/c1-19(10-11-5-3-4-6-13(11)16)15(20)18-12-7-8-14(21-2)17-9-12/h3-9H,10H2,1-2H3,(H,18,20). The molecule has 1 aromatic carbocycles. The van der Waals surface area contributed by atoms with Crippen LogP contribution in [0.3, 0.4) is 0 Å². The van der Waals surface area contributed by atoms with Crippen LogP contribution in [0.15, 0.2) is 42.6 Å². The number of hydrogen-bond acceptors (Lipinski definition) is 3. The van der Waals surface area contributed by atoms with Crippen LogP contribution in [0.2, 0.25) is 5.02 Å². The number of hydrogen-bond donors (Lipinski definition) is 1. The number of nitrogens with one attached hydrogen (secondary N) is 1. The second-order valence-corrected chi connectivity index (χ2v) is 4.87. The Morgan fingerprint density at radius 1 is 1.33 bits per heavy atom. The number of carbonyl (C=O) groups excluding carboxylic acids is 1. The topological polar surface area (TPSA) is 54.5 Å². The van der Waals surface area contributed by atoms with Crippen LogP contribution in [-0.2, 0) is 6.54 Å². The lowest BCUT2D eigenvalue weighted by molar-refractivity contribution is 0.220. The molecule has 0 saturated carbocycles. The Morgan fingerprint density at radius 3 is 2.71 bits per heavy atom. The number of carbonyl (C=O) groups is 1. The van der Waals surface area contributed by atoms with Gasteiger partial charge in [-0.1, -0.05) is 29.8 Å². The molecular formula is C15H16ClN3O2. The van der Waals surface area contributed by atoms with Crippen LogP contribution >= 0.6 is 11.6 Å². The molecule has 0 atom stereocenters. The fraction of sp³-hybridized carbons (Fsp3) is 0.200.